The summed E-state index contributed by atoms with van der Waals surface area (Å²) in [6.45, 7) is 18.2. The van der Waals surface area contributed by atoms with Crippen LogP contribution in [0.1, 0.15) is 57.9 Å². The van der Waals surface area contributed by atoms with E-state index in [9.17, 15) is 5.11 Å². The number of nitrogens with zero attached hydrogens (tertiary/aromatic N) is 3. The predicted molar refractivity (Wildman–Crippen MR) is 138 cm³/mol. The zero-order valence-electron chi connectivity index (χ0n) is 20.4. The molecule has 0 radical (unpaired) electrons. The van der Waals surface area contributed by atoms with Crippen molar-refractivity contribution in [3.63, 3.8) is 0 Å². The van der Waals surface area contributed by atoms with Crippen LogP contribution in [0.2, 0.25) is 0 Å². The number of aryl methyl sites for hydroxylation is 2. The highest BCUT2D eigenvalue weighted by Crippen LogP contribution is 2.19. The number of aromatic nitrogens is 2. The van der Waals surface area contributed by atoms with Crippen molar-refractivity contribution in [2.45, 2.75) is 53.9 Å². The Bertz CT molecular complexity index is 937. The fourth-order valence-corrected chi connectivity index (χ4v) is 2.92. The molecule has 0 atom stereocenters. The van der Waals surface area contributed by atoms with Crippen molar-refractivity contribution >= 4 is 17.6 Å². The maximum atomic E-state index is 9.35. The average Bonchev–Trinajstić information content (AvgIpc) is 2.77. The second kappa shape index (κ2) is 14.0. The molecule has 0 spiro atoms. The lowest BCUT2D eigenvalue weighted by molar-refractivity contribution is 0.474. The summed E-state index contributed by atoms with van der Waals surface area (Å²) in [5.74, 6) is 1.76. The van der Waals surface area contributed by atoms with Crippen molar-refractivity contribution in [3.05, 3.63) is 77.9 Å². The van der Waals surface area contributed by atoms with E-state index in [2.05, 4.69) is 60.3 Å². The topological polar surface area (TPSA) is 70.4 Å². The summed E-state index contributed by atoms with van der Waals surface area (Å²) in [5, 5.41) is 12.4. The number of hydrogen-bond donors (Lipinski definition) is 2. The lowest BCUT2D eigenvalue weighted by atomic mass is 9.97. The van der Waals surface area contributed by atoms with Gasteiger partial charge >= 0.3 is 0 Å². The number of allylic oxidation sites excluding steroid dienone is 2. The van der Waals surface area contributed by atoms with Crippen molar-refractivity contribution in [3.8, 4) is 5.75 Å². The van der Waals surface area contributed by atoms with E-state index in [-0.39, 0.29) is 0 Å². The van der Waals surface area contributed by atoms with Crippen LogP contribution in [0.3, 0.4) is 0 Å². The number of hydrogen-bond acceptors (Lipinski definition) is 5. The van der Waals surface area contributed by atoms with E-state index >= 15 is 0 Å². The molecule has 0 saturated carbocycles. The quantitative estimate of drug-likeness (QED) is 0.435. The van der Waals surface area contributed by atoms with Crippen LogP contribution in [0.15, 0.2) is 66.1 Å². The largest absolute Gasteiger partial charge is 0.508 e. The van der Waals surface area contributed by atoms with Gasteiger partial charge in [0.05, 0.1) is 29.5 Å². The highest BCUT2D eigenvalue weighted by atomic mass is 16.3. The van der Waals surface area contributed by atoms with E-state index in [1.807, 2.05) is 26.0 Å². The zero-order chi connectivity index (χ0) is 24.1. The first-order valence-electron chi connectivity index (χ1n) is 11.0. The third-order valence-corrected chi connectivity index (χ3v) is 4.70. The fourth-order valence-electron chi connectivity index (χ4n) is 2.92. The lowest BCUT2D eigenvalue weighted by Gasteiger charge is -2.09. The Morgan fingerprint density at radius 1 is 1.19 bits per heavy atom. The first kappa shape index (κ1) is 26.8. The van der Waals surface area contributed by atoms with Crippen LogP contribution in [0.4, 0.5) is 5.82 Å². The van der Waals surface area contributed by atoms with Gasteiger partial charge in [-0.15, -0.1) is 0 Å². The summed E-state index contributed by atoms with van der Waals surface area (Å²) in [6.07, 6.45) is 10.2. The van der Waals surface area contributed by atoms with Gasteiger partial charge in [-0.05, 0) is 74.4 Å². The van der Waals surface area contributed by atoms with Crippen LogP contribution in [0, 0.1) is 5.92 Å². The average molecular weight is 435 g/mol. The number of anilines is 1. The van der Waals surface area contributed by atoms with Gasteiger partial charge in [0, 0.05) is 7.05 Å². The molecular formula is C27H38N4O. The molecule has 1 heterocycles. The highest BCUT2D eigenvalue weighted by Gasteiger charge is 2.04. The molecule has 0 aliphatic heterocycles. The summed E-state index contributed by atoms with van der Waals surface area (Å²) in [5.41, 5.74) is 6.06. The van der Waals surface area contributed by atoms with Gasteiger partial charge in [-0.25, -0.2) is 4.98 Å². The number of nitrogens with one attached hydrogen (secondary N) is 1. The number of phenolic OH excluding ortho intramolecular Hbond substituents is 1. The van der Waals surface area contributed by atoms with Crippen molar-refractivity contribution in [2.75, 3.05) is 12.4 Å². The monoisotopic (exact) mass is 434 g/mol. The van der Waals surface area contributed by atoms with Crippen LogP contribution >= 0.6 is 0 Å². The molecule has 5 nitrogen and oxygen atoms in total. The van der Waals surface area contributed by atoms with Crippen LogP contribution in [-0.2, 0) is 12.8 Å². The molecule has 32 heavy (non-hydrogen) atoms. The zero-order valence-corrected chi connectivity index (χ0v) is 20.4. The van der Waals surface area contributed by atoms with E-state index in [0.29, 0.717) is 17.3 Å². The summed E-state index contributed by atoms with van der Waals surface area (Å²) < 4.78 is 0. The lowest BCUT2D eigenvalue weighted by Crippen LogP contribution is -2.10. The molecule has 1 aromatic carbocycles. The molecule has 0 saturated heterocycles. The summed E-state index contributed by atoms with van der Waals surface area (Å²) in [6, 6.07) is 5.72. The van der Waals surface area contributed by atoms with Crippen LogP contribution < -0.4 is 5.32 Å². The number of rotatable bonds is 9. The van der Waals surface area contributed by atoms with E-state index in [0.717, 1.165) is 35.7 Å². The predicted octanol–water partition coefficient (Wildman–Crippen LogP) is 6.63. The van der Waals surface area contributed by atoms with Gasteiger partial charge in [0.25, 0.3) is 0 Å². The van der Waals surface area contributed by atoms with Crippen molar-refractivity contribution in [1.82, 2.24) is 9.97 Å². The maximum Gasteiger partial charge on any atom is 0.148 e. The fraction of sp³-hybridized carbons (Fsp3) is 0.370. The number of aliphatic imine (C=N–C) groups is 1. The van der Waals surface area contributed by atoms with Gasteiger partial charge in [-0.2, -0.15) is 0 Å². The summed E-state index contributed by atoms with van der Waals surface area (Å²) in [7, 11) is 1.73. The Hall–Kier alpha value is -3.21. The van der Waals surface area contributed by atoms with Gasteiger partial charge in [-0.1, -0.05) is 45.6 Å². The van der Waals surface area contributed by atoms with Crippen molar-refractivity contribution in [2.24, 2.45) is 10.9 Å². The minimum absolute atomic E-state index is 0.384. The molecule has 2 rings (SSSR count). The number of benzene rings is 1. The molecule has 0 fully saturated rings. The molecule has 0 aliphatic rings. The molecular weight excluding hydrogens is 396 g/mol. The normalized spacial score (nSPS) is 10.8. The van der Waals surface area contributed by atoms with Gasteiger partial charge < -0.3 is 10.4 Å². The summed E-state index contributed by atoms with van der Waals surface area (Å²) in [4.78, 5) is 12.5. The third kappa shape index (κ3) is 9.73. The van der Waals surface area contributed by atoms with E-state index < -0.39 is 0 Å². The van der Waals surface area contributed by atoms with Crippen molar-refractivity contribution in [1.29, 1.82) is 0 Å². The minimum atomic E-state index is 0.384. The Morgan fingerprint density at radius 3 is 2.41 bits per heavy atom. The number of aromatic hydroxyl groups is 1. The third-order valence-electron chi connectivity index (χ3n) is 4.70. The Balaban J connectivity index is 0.000000330. The second-order valence-corrected chi connectivity index (χ2v) is 8.20. The molecule has 2 N–H and O–H groups in total. The van der Waals surface area contributed by atoms with E-state index in [1.54, 1.807) is 31.6 Å². The van der Waals surface area contributed by atoms with Crippen LogP contribution in [0.25, 0.3) is 6.08 Å². The van der Waals surface area contributed by atoms with E-state index in [4.69, 9.17) is 0 Å². The molecule has 0 amide bonds. The first-order valence-corrected chi connectivity index (χ1v) is 11.0. The van der Waals surface area contributed by atoms with Gasteiger partial charge in [0.2, 0.25) is 0 Å². The standard InChI is InChI=1S/C14H18N4.C13H20O/c1-6-12-8-17-14(9-16-12)18-11(4)13(15-5)7-10(2)3;1-4-11-9-13(14)8-7-12(11)6-5-10(2)3/h6-9H,1,4H2,2-3,5H3,(H,17,18);7-10,14H,4-6H2,1-3H3. The van der Waals surface area contributed by atoms with Crippen molar-refractivity contribution < 1.29 is 5.11 Å². The molecule has 2 aromatic rings. The number of phenols is 1. The van der Waals surface area contributed by atoms with Crippen LogP contribution in [-0.4, -0.2) is 27.8 Å². The molecule has 172 valence electrons. The SMILES string of the molecule is C=Cc1cnc(NC(=C)C(C=C(C)C)=NC)cn1.CCc1cc(O)ccc1CCC(C)C. The maximum absolute atomic E-state index is 9.35. The van der Waals surface area contributed by atoms with Gasteiger partial charge in [-0.3, -0.25) is 9.98 Å². The molecule has 5 heteroatoms. The van der Waals surface area contributed by atoms with E-state index in [1.165, 1.54) is 17.5 Å². The van der Waals surface area contributed by atoms with Gasteiger partial charge in [0.1, 0.15) is 11.6 Å². The smallest absolute Gasteiger partial charge is 0.148 e. The summed E-state index contributed by atoms with van der Waals surface area (Å²) >= 11 is 0. The molecule has 0 aliphatic carbocycles. The Kier molecular flexibility index (Phi) is 11.7. The van der Waals surface area contributed by atoms with Gasteiger partial charge in [0.15, 0.2) is 0 Å². The molecule has 1 aromatic heterocycles. The molecule has 0 bridgehead atoms. The second-order valence-electron chi connectivity index (χ2n) is 8.20. The Morgan fingerprint density at radius 2 is 1.91 bits per heavy atom. The highest BCUT2D eigenvalue weighted by molar-refractivity contribution is 6.09. The first-order chi connectivity index (χ1) is 15.2. The minimum Gasteiger partial charge on any atom is -0.508 e. The van der Waals surface area contributed by atoms with Crippen LogP contribution in [0.5, 0.6) is 5.75 Å². The Labute approximate surface area is 193 Å². The molecule has 0 unspecified atom stereocenters.